The highest BCUT2D eigenvalue weighted by Gasteiger charge is 2.18. The Bertz CT molecular complexity index is 989. The van der Waals surface area contributed by atoms with Crippen LogP contribution in [-0.4, -0.2) is 21.6 Å². The maximum Gasteiger partial charge on any atom is 0.278 e. The zero-order valence-corrected chi connectivity index (χ0v) is 17.2. The predicted octanol–water partition coefficient (Wildman–Crippen LogP) is 5.17. The van der Waals surface area contributed by atoms with Crippen LogP contribution < -0.4 is 5.32 Å². The molecule has 1 aromatic heterocycles. The van der Waals surface area contributed by atoms with Gasteiger partial charge in [0.15, 0.2) is 0 Å². The Balaban J connectivity index is 1.72. The molecule has 0 bridgehead atoms. The Labute approximate surface area is 171 Å². The van der Waals surface area contributed by atoms with Gasteiger partial charge >= 0.3 is 0 Å². The predicted molar refractivity (Wildman–Crippen MR) is 115 cm³/mol. The molecule has 1 amide bonds. The number of amides is 1. The number of aromatic nitrogens is 2. The number of hydrogen-bond acceptors (Lipinski definition) is 3. The minimum absolute atomic E-state index is 0.159. The first kappa shape index (κ1) is 20.5. The normalized spacial score (nSPS) is 10.7. The molecule has 2 aromatic carbocycles. The van der Waals surface area contributed by atoms with E-state index in [2.05, 4.69) is 17.3 Å². The van der Waals surface area contributed by atoms with Crippen molar-refractivity contribution in [1.29, 1.82) is 0 Å². The number of benzene rings is 2. The minimum atomic E-state index is -0.181. The number of rotatable bonds is 7. The molecule has 150 valence electrons. The summed E-state index contributed by atoms with van der Waals surface area (Å²) in [4.78, 5) is 25.2. The summed E-state index contributed by atoms with van der Waals surface area (Å²) in [6, 6.07) is 15.9. The number of carbonyl (C=O) groups is 2. The molecule has 0 aliphatic rings. The van der Waals surface area contributed by atoms with Gasteiger partial charge in [-0.15, -0.1) is 0 Å². The fraction of sp³-hybridized carbons (Fsp3) is 0.292. The van der Waals surface area contributed by atoms with E-state index >= 15 is 0 Å². The second kappa shape index (κ2) is 9.32. The second-order valence-corrected chi connectivity index (χ2v) is 7.22. The fourth-order valence-corrected chi connectivity index (χ4v) is 3.40. The first-order chi connectivity index (χ1) is 14.0. The third-order valence-electron chi connectivity index (χ3n) is 5.09. The van der Waals surface area contributed by atoms with Gasteiger partial charge in [0, 0.05) is 22.5 Å². The van der Waals surface area contributed by atoms with E-state index in [-0.39, 0.29) is 11.8 Å². The van der Waals surface area contributed by atoms with E-state index in [0.717, 1.165) is 24.2 Å². The van der Waals surface area contributed by atoms with E-state index in [0.29, 0.717) is 16.8 Å². The highest BCUT2D eigenvalue weighted by Crippen LogP contribution is 2.19. The molecule has 5 heteroatoms. The zero-order valence-electron chi connectivity index (χ0n) is 17.2. The van der Waals surface area contributed by atoms with Crippen LogP contribution in [0, 0.1) is 13.8 Å². The van der Waals surface area contributed by atoms with E-state index in [4.69, 9.17) is 0 Å². The molecule has 3 aromatic rings. The molecule has 0 atom stereocenters. The van der Waals surface area contributed by atoms with Gasteiger partial charge in [0.25, 0.3) is 11.8 Å². The van der Waals surface area contributed by atoms with Crippen LogP contribution in [0.1, 0.15) is 63.9 Å². The highest BCUT2D eigenvalue weighted by molar-refractivity contribution is 6.04. The molecule has 29 heavy (non-hydrogen) atoms. The van der Waals surface area contributed by atoms with Gasteiger partial charge in [0.05, 0.1) is 5.69 Å². The lowest BCUT2D eigenvalue weighted by Gasteiger charge is -2.07. The van der Waals surface area contributed by atoms with Crippen molar-refractivity contribution >= 4 is 17.5 Å². The van der Waals surface area contributed by atoms with E-state index in [1.807, 2.05) is 32.0 Å². The molecular weight excluding hydrogens is 362 g/mol. The first-order valence-electron chi connectivity index (χ1n) is 10.1. The van der Waals surface area contributed by atoms with Crippen LogP contribution in [0.2, 0.25) is 0 Å². The summed E-state index contributed by atoms with van der Waals surface area (Å²) in [6.07, 6.45) is 4.39. The van der Waals surface area contributed by atoms with Gasteiger partial charge in [-0.3, -0.25) is 9.59 Å². The van der Waals surface area contributed by atoms with E-state index in [1.54, 1.807) is 36.4 Å². The standard InChI is InChI=1S/C24H27N3O2/c1-4-5-7-12-22-17(2)26-27(18(22)3)24(29)20-13-15-21(16-14-20)25-23(28)19-10-8-6-9-11-19/h6,8-11,13-16H,4-5,7,12H2,1-3H3,(H,25,28). The van der Waals surface area contributed by atoms with Gasteiger partial charge in [-0.1, -0.05) is 38.0 Å². The third-order valence-corrected chi connectivity index (χ3v) is 5.09. The summed E-state index contributed by atoms with van der Waals surface area (Å²) < 4.78 is 1.49. The largest absolute Gasteiger partial charge is 0.322 e. The van der Waals surface area contributed by atoms with Gasteiger partial charge in [0.2, 0.25) is 0 Å². The van der Waals surface area contributed by atoms with Crippen LogP contribution in [-0.2, 0) is 6.42 Å². The van der Waals surface area contributed by atoms with Crippen molar-refractivity contribution in [3.8, 4) is 0 Å². The molecule has 0 spiro atoms. The summed E-state index contributed by atoms with van der Waals surface area (Å²) in [6.45, 7) is 6.09. The number of hydrogen-bond donors (Lipinski definition) is 1. The van der Waals surface area contributed by atoms with Crippen LogP contribution in [0.15, 0.2) is 54.6 Å². The molecule has 0 fully saturated rings. The van der Waals surface area contributed by atoms with Crippen LogP contribution in [0.3, 0.4) is 0 Å². The highest BCUT2D eigenvalue weighted by atomic mass is 16.2. The Morgan fingerprint density at radius 2 is 1.62 bits per heavy atom. The Morgan fingerprint density at radius 3 is 2.28 bits per heavy atom. The third kappa shape index (κ3) is 4.80. The number of anilines is 1. The average Bonchev–Trinajstić information content (AvgIpc) is 3.03. The molecule has 0 unspecified atom stereocenters. The molecule has 3 rings (SSSR count). The van der Waals surface area contributed by atoms with Crippen molar-refractivity contribution in [2.24, 2.45) is 0 Å². The molecule has 0 radical (unpaired) electrons. The Morgan fingerprint density at radius 1 is 0.931 bits per heavy atom. The van der Waals surface area contributed by atoms with Crippen molar-refractivity contribution in [3.05, 3.63) is 82.7 Å². The van der Waals surface area contributed by atoms with Crippen molar-refractivity contribution in [1.82, 2.24) is 9.78 Å². The van der Waals surface area contributed by atoms with Gasteiger partial charge in [0.1, 0.15) is 0 Å². The maximum absolute atomic E-state index is 12.9. The number of aryl methyl sites for hydroxylation is 1. The zero-order chi connectivity index (χ0) is 20.8. The van der Waals surface area contributed by atoms with Crippen LogP contribution in [0.4, 0.5) is 5.69 Å². The summed E-state index contributed by atoms with van der Waals surface area (Å²) in [7, 11) is 0. The van der Waals surface area contributed by atoms with Gasteiger partial charge in [-0.05, 0) is 68.7 Å². The number of unbranched alkanes of at least 4 members (excludes halogenated alkanes) is 2. The molecule has 0 aliphatic carbocycles. The molecular formula is C24H27N3O2. The van der Waals surface area contributed by atoms with Crippen molar-refractivity contribution in [2.45, 2.75) is 46.5 Å². The minimum Gasteiger partial charge on any atom is -0.322 e. The lowest BCUT2D eigenvalue weighted by atomic mass is 10.1. The SMILES string of the molecule is CCCCCc1c(C)nn(C(=O)c2ccc(NC(=O)c3ccccc3)cc2)c1C. The van der Waals surface area contributed by atoms with Gasteiger partial charge in [-0.25, -0.2) is 4.68 Å². The second-order valence-electron chi connectivity index (χ2n) is 7.22. The average molecular weight is 389 g/mol. The lowest BCUT2D eigenvalue weighted by molar-refractivity contribution is 0.0941. The fourth-order valence-electron chi connectivity index (χ4n) is 3.40. The van der Waals surface area contributed by atoms with Crippen LogP contribution >= 0.6 is 0 Å². The first-order valence-corrected chi connectivity index (χ1v) is 10.1. The summed E-state index contributed by atoms with van der Waals surface area (Å²) >= 11 is 0. The van der Waals surface area contributed by atoms with E-state index in [1.165, 1.54) is 23.1 Å². The monoisotopic (exact) mass is 389 g/mol. The quantitative estimate of drug-likeness (QED) is 0.567. The van der Waals surface area contributed by atoms with E-state index < -0.39 is 0 Å². The summed E-state index contributed by atoms with van der Waals surface area (Å²) in [5.74, 6) is -0.340. The topological polar surface area (TPSA) is 64.0 Å². The Kier molecular flexibility index (Phi) is 6.60. The molecule has 0 aliphatic heterocycles. The van der Waals surface area contributed by atoms with Crippen molar-refractivity contribution in [2.75, 3.05) is 5.32 Å². The number of nitrogens with zero attached hydrogens (tertiary/aromatic N) is 2. The molecule has 1 heterocycles. The van der Waals surface area contributed by atoms with Crippen LogP contribution in [0.5, 0.6) is 0 Å². The van der Waals surface area contributed by atoms with Gasteiger partial charge < -0.3 is 5.32 Å². The summed E-state index contributed by atoms with van der Waals surface area (Å²) in [5, 5.41) is 7.32. The smallest absolute Gasteiger partial charge is 0.278 e. The number of carbonyl (C=O) groups excluding carboxylic acids is 2. The lowest BCUT2D eigenvalue weighted by Crippen LogP contribution is -2.16. The van der Waals surface area contributed by atoms with E-state index in [9.17, 15) is 9.59 Å². The summed E-state index contributed by atoms with van der Waals surface area (Å²) in [5.41, 5.74) is 4.76. The molecule has 1 N–H and O–H groups in total. The molecule has 0 saturated heterocycles. The van der Waals surface area contributed by atoms with Gasteiger partial charge in [-0.2, -0.15) is 5.10 Å². The Hall–Kier alpha value is -3.21. The van der Waals surface area contributed by atoms with Crippen LogP contribution in [0.25, 0.3) is 0 Å². The molecule has 5 nitrogen and oxygen atoms in total. The molecule has 0 saturated carbocycles. The van der Waals surface area contributed by atoms with Crippen molar-refractivity contribution < 1.29 is 9.59 Å². The van der Waals surface area contributed by atoms with Crippen molar-refractivity contribution in [3.63, 3.8) is 0 Å². The number of nitrogens with one attached hydrogen (secondary N) is 1. The maximum atomic E-state index is 12.9.